The molecule has 8 heteroatoms. The number of pyridine rings is 1. The third-order valence-corrected chi connectivity index (χ3v) is 3.54. The number of hydrogen-bond donors (Lipinski definition) is 1. The van der Waals surface area contributed by atoms with Crippen molar-refractivity contribution in [1.82, 2.24) is 14.5 Å². The topological polar surface area (TPSA) is 85.9 Å². The Labute approximate surface area is 137 Å². The Bertz CT molecular complexity index is 894. The predicted molar refractivity (Wildman–Crippen MR) is 86.5 cm³/mol. The molecule has 0 amide bonds. The minimum Gasteiger partial charge on any atom is -0.360 e. The van der Waals surface area contributed by atoms with Crippen LogP contribution < -0.4 is 5.32 Å². The zero-order valence-electron chi connectivity index (χ0n) is 12.8. The molecule has 0 bridgehead atoms. The Morgan fingerprint density at radius 2 is 2.12 bits per heavy atom. The summed E-state index contributed by atoms with van der Waals surface area (Å²) in [6, 6.07) is 7.64. The maximum absolute atomic E-state index is 14.3. The molecule has 2 heterocycles. The fraction of sp³-hybridized carbons (Fsp3) is 0.125. The molecule has 0 aliphatic carbocycles. The first-order chi connectivity index (χ1) is 11.6. The van der Waals surface area contributed by atoms with E-state index in [1.165, 1.54) is 24.4 Å². The molecule has 0 fully saturated rings. The maximum atomic E-state index is 14.3. The summed E-state index contributed by atoms with van der Waals surface area (Å²) < 4.78 is 16.0. The van der Waals surface area contributed by atoms with E-state index in [9.17, 15) is 14.5 Å². The van der Waals surface area contributed by atoms with Gasteiger partial charge in [-0.2, -0.15) is 0 Å². The Balaban J connectivity index is 1.79. The van der Waals surface area contributed by atoms with E-state index in [0.717, 1.165) is 0 Å². The van der Waals surface area contributed by atoms with Crippen LogP contribution in [0, 0.1) is 22.9 Å². The molecule has 0 saturated carbocycles. The van der Waals surface area contributed by atoms with Crippen LogP contribution in [0.5, 0.6) is 0 Å². The van der Waals surface area contributed by atoms with Crippen molar-refractivity contribution in [2.75, 3.05) is 5.32 Å². The summed E-state index contributed by atoms with van der Waals surface area (Å²) in [6.07, 6.45) is 4.74. The molecular formula is C16H14FN5O2. The van der Waals surface area contributed by atoms with E-state index in [2.05, 4.69) is 15.3 Å². The first kappa shape index (κ1) is 15.6. The molecule has 24 heavy (non-hydrogen) atoms. The first-order valence-electron chi connectivity index (χ1n) is 7.18. The second kappa shape index (κ2) is 6.45. The lowest BCUT2D eigenvalue weighted by Crippen LogP contribution is -2.06. The molecule has 0 aliphatic rings. The van der Waals surface area contributed by atoms with Gasteiger partial charge in [-0.25, -0.2) is 14.4 Å². The van der Waals surface area contributed by atoms with Crippen LogP contribution in [0.15, 0.2) is 48.9 Å². The highest BCUT2D eigenvalue weighted by Crippen LogP contribution is 2.22. The number of anilines is 1. The highest BCUT2D eigenvalue weighted by Gasteiger charge is 2.14. The van der Waals surface area contributed by atoms with Gasteiger partial charge in [0, 0.05) is 31.2 Å². The van der Waals surface area contributed by atoms with Crippen molar-refractivity contribution in [3.8, 4) is 5.69 Å². The Morgan fingerprint density at radius 3 is 2.79 bits per heavy atom. The first-order valence-corrected chi connectivity index (χ1v) is 7.18. The predicted octanol–water partition coefficient (Wildman–Crippen LogP) is 3.24. The van der Waals surface area contributed by atoms with Crippen LogP contribution in [0.1, 0.15) is 11.4 Å². The van der Waals surface area contributed by atoms with E-state index < -0.39 is 10.7 Å². The highest BCUT2D eigenvalue weighted by atomic mass is 19.1. The maximum Gasteiger partial charge on any atom is 0.311 e. The van der Waals surface area contributed by atoms with Crippen LogP contribution in [0.4, 0.5) is 15.9 Å². The van der Waals surface area contributed by atoms with Gasteiger partial charge in [0.2, 0.25) is 5.82 Å². The van der Waals surface area contributed by atoms with Crippen LogP contribution in [0.25, 0.3) is 5.69 Å². The number of imidazole rings is 1. The van der Waals surface area contributed by atoms with Crippen molar-refractivity contribution in [2.24, 2.45) is 0 Å². The molecule has 2 aromatic heterocycles. The second-order valence-corrected chi connectivity index (χ2v) is 5.11. The van der Waals surface area contributed by atoms with E-state index in [1.54, 1.807) is 36.0 Å². The third-order valence-electron chi connectivity index (χ3n) is 3.54. The lowest BCUT2D eigenvalue weighted by atomic mass is 10.2. The summed E-state index contributed by atoms with van der Waals surface area (Å²) in [5, 5.41) is 13.8. The van der Waals surface area contributed by atoms with E-state index in [0.29, 0.717) is 17.1 Å². The van der Waals surface area contributed by atoms with Crippen molar-refractivity contribution in [1.29, 1.82) is 0 Å². The zero-order valence-corrected chi connectivity index (χ0v) is 12.8. The summed E-state index contributed by atoms with van der Waals surface area (Å²) in [5.74, 6) is 0.437. The van der Waals surface area contributed by atoms with Gasteiger partial charge < -0.3 is 9.88 Å². The molecular weight excluding hydrogens is 313 g/mol. The quantitative estimate of drug-likeness (QED) is 0.574. The standard InChI is InChI=1S/C16H14FN5O2/c1-11-18-7-8-21(11)14-5-4-12(9-13(14)17)10-20-16-15(22(23)24)3-2-6-19-16/h2-9H,10H2,1H3,(H,19,20). The molecule has 0 spiro atoms. The van der Waals surface area contributed by atoms with Crippen LogP contribution in [0.3, 0.4) is 0 Å². The molecule has 1 N–H and O–H groups in total. The third kappa shape index (κ3) is 3.07. The molecule has 3 rings (SSSR count). The number of halogens is 1. The number of aromatic nitrogens is 3. The van der Waals surface area contributed by atoms with E-state index in [1.807, 2.05) is 0 Å². The monoisotopic (exact) mass is 327 g/mol. The van der Waals surface area contributed by atoms with E-state index >= 15 is 0 Å². The number of rotatable bonds is 5. The summed E-state index contributed by atoms with van der Waals surface area (Å²) >= 11 is 0. The Morgan fingerprint density at radius 1 is 1.29 bits per heavy atom. The van der Waals surface area contributed by atoms with Gasteiger partial charge in [0.25, 0.3) is 0 Å². The number of nitro groups is 1. The molecule has 122 valence electrons. The molecule has 0 atom stereocenters. The molecule has 0 aliphatic heterocycles. The van der Waals surface area contributed by atoms with Crippen molar-refractivity contribution < 1.29 is 9.31 Å². The normalized spacial score (nSPS) is 10.6. The minimum absolute atomic E-state index is 0.122. The fourth-order valence-corrected chi connectivity index (χ4v) is 2.35. The van der Waals surface area contributed by atoms with E-state index in [4.69, 9.17) is 0 Å². The molecule has 3 aromatic rings. The van der Waals surface area contributed by atoms with Crippen LogP contribution in [-0.2, 0) is 6.54 Å². The summed E-state index contributed by atoms with van der Waals surface area (Å²) in [7, 11) is 0. The SMILES string of the molecule is Cc1nccn1-c1ccc(CNc2ncccc2[N+](=O)[O-])cc1F. The summed E-state index contributed by atoms with van der Waals surface area (Å²) in [6.45, 7) is 2.01. The van der Waals surface area contributed by atoms with Crippen LogP contribution in [0.2, 0.25) is 0 Å². The fourth-order valence-electron chi connectivity index (χ4n) is 2.35. The van der Waals surface area contributed by atoms with Gasteiger partial charge in [0.1, 0.15) is 11.6 Å². The number of nitrogens with zero attached hydrogens (tertiary/aromatic N) is 4. The Hall–Kier alpha value is -3.29. The van der Waals surface area contributed by atoms with Crippen molar-refractivity contribution in [2.45, 2.75) is 13.5 Å². The number of benzene rings is 1. The number of hydrogen-bond acceptors (Lipinski definition) is 5. The molecule has 0 saturated heterocycles. The van der Waals surface area contributed by atoms with Crippen molar-refractivity contribution >= 4 is 11.5 Å². The second-order valence-electron chi connectivity index (χ2n) is 5.11. The number of aryl methyl sites for hydroxylation is 1. The van der Waals surface area contributed by atoms with Gasteiger partial charge in [0.15, 0.2) is 0 Å². The van der Waals surface area contributed by atoms with Crippen LogP contribution in [-0.4, -0.2) is 19.5 Å². The lowest BCUT2D eigenvalue weighted by Gasteiger charge is -2.10. The van der Waals surface area contributed by atoms with Crippen molar-refractivity contribution in [3.63, 3.8) is 0 Å². The largest absolute Gasteiger partial charge is 0.360 e. The minimum atomic E-state index is -0.513. The van der Waals surface area contributed by atoms with Gasteiger partial charge >= 0.3 is 5.69 Å². The van der Waals surface area contributed by atoms with Crippen molar-refractivity contribution in [3.05, 3.63) is 76.2 Å². The highest BCUT2D eigenvalue weighted by molar-refractivity contribution is 5.55. The van der Waals surface area contributed by atoms with Gasteiger partial charge in [-0.05, 0) is 30.7 Å². The van der Waals surface area contributed by atoms with E-state index in [-0.39, 0.29) is 18.1 Å². The lowest BCUT2D eigenvalue weighted by molar-refractivity contribution is -0.384. The van der Waals surface area contributed by atoms with Gasteiger partial charge in [-0.1, -0.05) is 6.07 Å². The summed E-state index contributed by atoms with van der Waals surface area (Å²) in [5.41, 5.74) is 0.926. The molecule has 0 unspecified atom stereocenters. The summed E-state index contributed by atoms with van der Waals surface area (Å²) in [4.78, 5) is 18.5. The van der Waals surface area contributed by atoms with Crippen LogP contribution >= 0.6 is 0 Å². The Kier molecular flexibility index (Phi) is 4.19. The smallest absolute Gasteiger partial charge is 0.311 e. The molecule has 0 radical (unpaired) electrons. The zero-order chi connectivity index (χ0) is 17.1. The van der Waals surface area contributed by atoms with Gasteiger partial charge in [0.05, 0.1) is 10.6 Å². The molecule has 1 aromatic carbocycles. The average Bonchev–Trinajstić information content (AvgIpc) is 2.99. The average molecular weight is 327 g/mol. The van der Waals surface area contributed by atoms with Gasteiger partial charge in [-0.15, -0.1) is 0 Å². The number of nitrogens with one attached hydrogen (secondary N) is 1. The van der Waals surface area contributed by atoms with Gasteiger partial charge in [-0.3, -0.25) is 10.1 Å². The molecule has 7 nitrogen and oxygen atoms in total.